The summed E-state index contributed by atoms with van der Waals surface area (Å²) in [6.45, 7) is 1.19. The first kappa shape index (κ1) is 13.4. The third kappa shape index (κ3) is 2.94. The summed E-state index contributed by atoms with van der Waals surface area (Å²) in [6, 6.07) is 9.35. The van der Waals surface area contributed by atoms with Gasteiger partial charge in [-0.1, -0.05) is 11.6 Å². The number of pyridine rings is 1. The van der Waals surface area contributed by atoms with Gasteiger partial charge in [0.15, 0.2) is 11.5 Å². The molecule has 0 aliphatic carbocycles. The van der Waals surface area contributed by atoms with Crippen molar-refractivity contribution in [2.45, 2.75) is 10.6 Å². The van der Waals surface area contributed by atoms with Gasteiger partial charge in [-0.25, -0.2) is 4.98 Å². The highest BCUT2D eigenvalue weighted by Crippen LogP contribution is 2.35. The van der Waals surface area contributed by atoms with E-state index in [1.807, 2.05) is 18.2 Å². The molecule has 0 bridgehead atoms. The first-order valence-corrected chi connectivity index (χ1v) is 7.52. The van der Waals surface area contributed by atoms with Gasteiger partial charge >= 0.3 is 0 Å². The second kappa shape index (κ2) is 5.81. The van der Waals surface area contributed by atoms with E-state index in [4.69, 9.17) is 26.8 Å². The highest BCUT2D eigenvalue weighted by atomic mass is 35.5. The molecule has 6 heteroatoms. The lowest BCUT2D eigenvalue weighted by Crippen LogP contribution is -2.15. The molecule has 0 amide bonds. The minimum atomic E-state index is 0.479. The molecule has 1 aromatic carbocycles. The topological polar surface area (TPSA) is 57.4 Å². The Kier molecular flexibility index (Phi) is 3.89. The summed E-state index contributed by atoms with van der Waals surface area (Å²) in [5.41, 5.74) is 6.46. The summed E-state index contributed by atoms with van der Waals surface area (Å²) in [5.74, 6) is 2.71. The van der Waals surface area contributed by atoms with Crippen molar-refractivity contribution in [3.05, 3.63) is 41.0 Å². The number of fused-ring (bicyclic) bond motifs is 1. The van der Waals surface area contributed by atoms with E-state index in [9.17, 15) is 0 Å². The Morgan fingerprint density at radius 3 is 2.80 bits per heavy atom. The van der Waals surface area contributed by atoms with Gasteiger partial charge in [-0.3, -0.25) is 0 Å². The van der Waals surface area contributed by atoms with Crippen LogP contribution in [0.15, 0.2) is 35.2 Å². The highest BCUT2D eigenvalue weighted by molar-refractivity contribution is 7.98. The number of ether oxygens (including phenoxy) is 2. The second-order valence-corrected chi connectivity index (χ2v) is 5.71. The summed E-state index contributed by atoms with van der Waals surface area (Å²) in [5, 5.41) is 0.629. The number of nitrogens with two attached hydrogens (primary N) is 1. The van der Waals surface area contributed by atoms with Crippen LogP contribution < -0.4 is 15.2 Å². The zero-order valence-electron chi connectivity index (χ0n) is 10.6. The van der Waals surface area contributed by atoms with Gasteiger partial charge in [0.25, 0.3) is 0 Å². The van der Waals surface area contributed by atoms with Crippen molar-refractivity contribution in [1.29, 1.82) is 0 Å². The second-order valence-electron chi connectivity index (χ2n) is 4.26. The third-order valence-electron chi connectivity index (χ3n) is 2.83. The van der Waals surface area contributed by atoms with E-state index in [0.717, 1.165) is 22.1 Å². The molecule has 2 N–H and O–H groups in total. The van der Waals surface area contributed by atoms with Crippen LogP contribution in [0.1, 0.15) is 5.69 Å². The SMILES string of the molecule is Nc1ccc(Cl)c(CSc2ccc3c(c2)OCCO3)n1. The van der Waals surface area contributed by atoms with E-state index in [0.29, 0.717) is 29.8 Å². The van der Waals surface area contributed by atoms with Crippen molar-refractivity contribution in [3.8, 4) is 11.5 Å². The van der Waals surface area contributed by atoms with Crippen molar-refractivity contribution in [1.82, 2.24) is 4.98 Å². The number of nitrogen functional groups attached to an aromatic ring is 1. The average Bonchev–Trinajstić information content (AvgIpc) is 2.48. The number of rotatable bonds is 3. The van der Waals surface area contributed by atoms with E-state index in [2.05, 4.69) is 4.98 Å². The number of hydrogen-bond donors (Lipinski definition) is 1. The van der Waals surface area contributed by atoms with Crippen LogP contribution in [-0.4, -0.2) is 18.2 Å². The molecule has 1 aromatic heterocycles. The summed E-state index contributed by atoms with van der Waals surface area (Å²) in [7, 11) is 0. The van der Waals surface area contributed by atoms with E-state index in [1.54, 1.807) is 23.9 Å². The van der Waals surface area contributed by atoms with Crippen molar-refractivity contribution >= 4 is 29.2 Å². The largest absolute Gasteiger partial charge is 0.486 e. The van der Waals surface area contributed by atoms with Gasteiger partial charge in [0.1, 0.15) is 19.0 Å². The lowest BCUT2D eigenvalue weighted by Gasteiger charge is -2.18. The maximum atomic E-state index is 6.10. The molecule has 3 rings (SSSR count). The van der Waals surface area contributed by atoms with Crippen molar-refractivity contribution in [2.24, 2.45) is 0 Å². The Balaban J connectivity index is 1.73. The fourth-order valence-electron chi connectivity index (χ4n) is 1.87. The fourth-order valence-corrected chi connectivity index (χ4v) is 3.00. The minimum absolute atomic E-state index is 0.479. The number of benzene rings is 1. The molecule has 0 saturated carbocycles. The molecule has 2 aromatic rings. The number of halogens is 1. The minimum Gasteiger partial charge on any atom is -0.486 e. The van der Waals surface area contributed by atoms with Crippen LogP contribution in [0, 0.1) is 0 Å². The van der Waals surface area contributed by atoms with Gasteiger partial charge in [0, 0.05) is 10.6 Å². The van der Waals surface area contributed by atoms with E-state index >= 15 is 0 Å². The standard InChI is InChI=1S/C14H13ClN2O2S/c15-10-2-4-14(16)17-11(10)8-20-9-1-3-12-13(7-9)19-6-5-18-12/h1-4,7H,5-6,8H2,(H2,16,17). The fraction of sp³-hybridized carbons (Fsp3) is 0.214. The molecular weight excluding hydrogens is 296 g/mol. The van der Waals surface area contributed by atoms with Gasteiger partial charge in [-0.2, -0.15) is 0 Å². The molecule has 0 spiro atoms. The van der Waals surface area contributed by atoms with Crippen LogP contribution in [0.25, 0.3) is 0 Å². The Labute approximate surface area is 126 Å². The first-order valence-electron chi connectivity index (χ1n) is 6.16. The summed E-state index contributed by atoms with van der Waals surface area (Å²) < 4.78 is 11.1. The predicted molar refractivity (Wildman–Crippen MR) is 80.7 cm³/mol. The molecule has 0 radical (unpaired) electrons. The Hall–Kier alpha value is -1.59. The Bertz CT molecular complexity index is 637. The number of anilines is 1. The van der Waals surface area contributed by atoms with Gasteiger partial charge in [0.2, 0.25) is 0 Å². The van der Waals surface area contributed by atoms with Gasteiger partial charge in [0.05, 0.1) is 10.7 Å². The number of thioether (sulfide) groups is 1. The maximum absolute atomic E-state index is 6.10. The van der Waals surface area contributed by atoms with Crippen LogP contribution >= 0.6 is 23.4 Å². The monoisotopic (exact) mass is 308 g/mol. The summed E-state index contributed by atoms with van der Waals surface area (Å²) in [6.07, 6.45) is 0. The quantitative estimate of drug-likeness (QED) is 0.881. The molecule has 4 nitrogen and oxygen atoms in total. The van der Waals surface area contributed by atoms with Crippen LogP contribution in [0.2, 0.25) is 5.02 Å². The van der Waals surface area contributed by atoms with E-state index in [-0.39, 0.29) is 0 Å². The van der Waals surface area contributed by atoms with Crippen molar-refractivity contribution < 1.29 is 9.47 Å². The summed E-state index contributed by atoms with van der Waals surface area (Å²) in [4.78, 5) is 5.32. The molecule has 104 valence electrons. The predicted octanol–water partition coefficient (Wildman–Crippen LogP) is 3.38. The normalized spacial score (nSPS) is 13.2. The molecular formula is C14H13ClN2O2S. The third-order valence-corrected chi connectivity index (χ3v) is 4.18. The van der Waals surface area contributed by atoms with Crippen LogP contribution in [0.4, 0.5) is 5.82 Å². The molecule has 20 heavy (non-hydrogen) atoms. The maximum Gasteiger partial charge on any atom is 0.162 e. The highest BCUT2D eigenvalue weighted by Gasteiger charge is 2.12. The smallest absolute Gasteiger partial charge is 0.162 e. The molecule has 0 fully saturated rings. The number of aromatic nitrogens is 1. The number of hydrogen-bond acceptors (Lipinski definition) is 5. The lowest BCUT2D eigenvalue weighted by molar-refractivity contribution is 0.171. The summed E-state index contributed by atoms with van der Waals surface area (Å²) >= 11 is 7.73. The van der Waals surface area contributed by atoms with E-state index in [1.165, 1.54) is 0 Å². The molecule has 2 heterocycles. The Morgan fingerprint density at radius 1 is 1.15 bits per heavy atom. The molecule has 0 atom stereocenters. The Morgan fingerprint density at radius 2 is 1.95 bits per heavy atom. The molecule has 1 aliphatic rings. The molecule has 0 saturated heterocycles. The number of nitrogens with zero attached hydrogens (tertiary/aromatic N) is 1. The molecule has 0 unspecified atom stereocenters. The van der Waals surface area contributed by atoms with Crippen molar-refractivity contribution in [3.63, 3.8) is 0 Å². The van der Waals surface area contributed by atoms with Crippen molar-refractivity contribution in [2.75, 3.05) is 18.9 Å². The van der Waals surface area contributed by atoms with Gasteiger partial charge in [-0.15, -0.1) is 11.8 Å². The van der Waals surface area contributed by atoms with Crippen LogP contribution in [0.3, 0.4) is 0 Å². The average molecular weight is 309 g/mol. The van der Waals surface area contributed by atoms with E-state index < -0.39 is 0 Å². The van der Waals surface area contributed by atoms with Gasteiger partial charge < -0.3 is 15.2 Å². The van der Waals surface area contributed by atoms with Gasteiger partial charge in [-0.05, 0) is 30.3 Å². The first-order chi connectivity index (χ1) is 9.72. The molecule has 1 aliphatic heterocycles. The zero-order valence-corrected chi connectivity index (χ0v) is 12.2. The lowest BCUT2D eigenvalue weighted by atomic mass is 10.3. The van der Waals surface area contributed by atoms with Crippen LogP contribution in [0.5, 0.6) is 11.5 Å². The zero-order chi connectivity index (χ0) is 13.9. The van der Waals surface area contributed by atoms with Crippen LogP contribution in [-0.2, 0) is 5.75 Å².